The van der Waals surface area contributed by atoms with Crippen LogP contribution in [-0.2, 0) is 32.5 Å². The van der Waals surface area contributed by atoms with Gasteiger partial charge >= 0.3 is 0 Å². The average Bonchev–Trinajstić information content (AvgIpc) is 3.66. The molecule has 1 saturated carbocycles. The Morgan fingerprint density at radius 2 is 1.83 bits per heavy atom. The molecule has 2 amide bonds. The first-order valence-corrected chi connectivity index (χ1v) is 14.1. The molecule has 1 saturated heterocycles. The van der Waals surface area contributed by atoms with Crippen LogP contribution in [-0.4, -0.2) is 43.7 Å². The van der Waals surface area contributed by atoms with E-state index in [1.54, 1.807) is 18.2 Å². The van der Waals surface area contributed by atoms with E-state index in [2.05, 4.69) is 5.32 Å². The summed E-state index contributed by atoms with van der Waals surface area (Å²) in [6.45, 7) is 4.62. The number of fused-ring (bicyclic) bond motifs is 1. The SMILES string of the molecule is CCc1ccccc1NC(=O)[C@@H]1CCCN(S(=O)(=O)c2ccc3c(c2)C[C@@H](C)N3C(=O)C2CC2)C1. The number of aryl methyl sites for hydroxylation is 1. The number of sulfonamides is 1. The van der Waals surface area contributed by atoms with Crippen molar-refractivity contribution in [3.05, 3.63) is 53.6 Å². The van der Waals surface area contributed by atoms with Crippen LogP contribution < -0.4 is 10.2 Å². The lowest BCUT2D eigenvalue weighted by molar-refractivity contribution is -0.121. The first kappa shape index (κ1) is 24.0. The largest absolute Gasteiger partial charge is 0.326 e. The Labute approximate surface area is 207 Å². The second-order valence-electron chi connectivity index (χ2n) is 10.0. The summed E-state index contributed by atoms with van der Waals surface area (Å²) in [5, 5.41) is 3.01. The molecule has 8 heteroatoms. The number of nitrogens with one attached hydrogen (secondary N) is 1. The molecule has 7 nitrogen and oxygen atoms in total. The van der Waals surface area contributed by atoms with E-state index in [1.807, 2.05) is 43.0 Å². The number of benzene rings is 2. The first-order valence-electron chi connectivity index (χ1n) is 12.6. The number of carbonyl (C=O) groups excluding carboxylic acids is 2. The number of nitrogens with zero attached hydrogens (tertiary/aromatic N) is 2. The number of hydrogen-bond donors (Lipinski definition) is 1. The van der Waals surface area contributed by atoms with E-state index < -0.39 is 15.9 Å². The third kappa shape index (κ3) is 4.61. The molecule has 2 aromatic rings. The number of anilines is 2. The van der Waals surface area contributed by atoms with Gasteiger partial charge in [0.05, 0.1) is 10.8 Å². The standard InChI is InChI=1S/C27H33N3O4S/c1-3-19-7-4-5-9-24(19)28-26(31)21-8-6-14-29(17-21)35(33,34)23-12-13-25-22(16-23)15-18(2)30(25)27(32)20-10-11-20/h4-5,7,9,12-13,16,18,20-21H,3,6,8,10-11,14-15,17H2,1-2H3,(H,28,31)/t18-,21-/m1/s1. The second-order valence-corrected chi connectivity index (χ2v) is 12.0. The summed E-state index contributed by atoms with van der Waals surface area (Å²) < 4.78 is 28.5. The van der Waals surface area contributed by atoms with Gasteiger partial charge in [-0.15, -0.1) is 0 Å². The molecule has 2 atom stereocenters. The third-order valence-electron chi connectivity index (χ3n) is 7.48. The number of piperidine rings is 1. The van der Waals surface area contributed by atoms with Crippen LogP contribution in [0.4, 0.5) is 11.4 Å². The highest BCUT2D eigenvalue weighted by Crippen LogP contribution is 2.40. The molecule has 0 radical (unpaired) electrons. The van der Waals surface area contributed by atoms with E-state index in [9.17, 15) is 18.0 Å². The number of para-hydroxylation sites is 1. The van der Waals surface area contributed by atoms with E-state index in [-0.39, 0.29) is 35.2 Å². The van der Waals surface area contributed by atoms with Crippen LogP contribution in [0, 0.1) is 11.8 Å². The molecule has 0 unspecified atom stereocenters. The van der Waals surface area contributed by atoms with Crippen LogP contribution >= 0.6 is 0 Å². The van der Waals surface area contributed by atoms with Gasteiger partial charge in [-0.1, -0.05) is 25.1 Å². The summed E-state index contributed by atoms with van der Waals surface area (Å²) in [6, 6.07) is 12.9. The highest BCUT2D eigenvalue weighted by Gasteiger charge is 2.40. The Morgan fingerprint density at radius 3 is 2.57 bits per heavy atom. The molecule has 0 spiro atoms. The third-order valence-corrected chi connectivity index (χ3v) is 9.34. The zero-order chi connectivity index (χ0) is 24.7. The summed E-state index contributed by atoms with van der Waals surface area (Å²) in [7, 11) is -3.75. The van der Waals surface area contributed by atoms with Gasteiger partial charge in [0.2, 0.25) is 21.8 Å². The predicted molar refractivity (Wildman–Crippen MR) is 136 cm³/mol. The molecule has 35 heavy (non-hydrogen) atoms. The predicted octanol–water partition coefficient (Wildman–Crippen LogP) is 3.98. The molecular formula is C27H33N3O4S. The Balaban J connectivity index is 1.32. The molecule has 2 aliphatic heterocycles. The molecule has 2 aromatic carbocycles. The smallest absolute Gasteiger partial charge is 0.243 e. The van der Waals surface area contributed by atoms with E-state index in [1.165, 1.54) is 4.31 Å². The van der Waals surface area contributed by atoms with Crippen LogP contribution in [0.3, 0.4) is 0 Å². The summed E-state index contributed by atoms with van der Waals surface area (Å²) in [5.74, 6) is -0.263. The summed E-state index contributed by atoms with van der Waals surface area (Å²) in [4.78, 5) is 27.9. The molecule has 1 aliphatic carbocycles. The lowest BCUT2D eigenvalue weighted by Crippen LogP contribution is -2.43. The quantitative estimate of drug-likeness (QED) is 0.657. The van der Waals surface area contributed by atoms with Crippen molar-refractivity contribution < 1.29 is 18.0 Å². The van der Waals surface area contributed by atoms with Gasteiger partial charge in [0, 0.05) is 36.4 Å². The van der Waals surface area contributed by atoms with Crippen LogP contribution in [0.15, 0.2) is 47.4 Å². The molecule has 0 bridgehead atoms. The number of carbonyl (C=O) groups is 2. The van der Waals surface area contributed by atoms with Crippen LogP contribution in [0.25, 0.3) is 0 Å². The Morgan fingerprint density at radius 1 is 1.06 bits per heavy atom. The maximum absolute atomic E-state index is 13.5. The monoisotopic (exact) mass is 495 g/mol. The molecular weight excluding hydrogens is 462 g/mol. The minimum Gasteiger partial charge on any atom is -0.326 e. The zero-order valence-electron chi connectivity index (χ0n) is 20.4. The Kier molecular flexibility index (Phi) is 6.44. The van der Waals surface area contributed by atoms with Gasteiger partial charge in [0.15, 0.2) is 0 Å². The maximum atomic E-state index is 13.5. The van der Waals surface area contributed by atoms with Gasteiger partial charge < -0.3 is 10.2 Å². The van der Waals surface area contributed by atoms with Gasteiger partial charge in [0.1, 0.15) is 0 Å². The second kappa shape index (κ2) is 9.39. The van der Waals surface area contributed by atoms with E-state index >= 15 is 0 Å². The van der Waals surface area contributed by atoms with Gasteiger partial charge in [-0.25, -0.2) is 8.42 Å². The number of rotatable bonds is 6. The fourth-order valence-corrected chi connectivity index (χ4v) is 6.91. The highest BCUT2D eigenvalue weighted by molar-refractivity contribution is 7.89. The van der Waals surface area contributed by atoms with Crippen molar-refractivity contribution in [3.63, 3.8) is 0 Å². The van der Waals surface area contributed by atoms with Crippen molar-refractivity contribution >= 4 is 33.2 Å². The minimum absolute atomic E-state index is 0.0325. The van der Waals surface area contributed by atoms with E-state index in [4.69, 9.17) is 0 Å². The molecule has 2 heterocycles. The average molecular weight is 496 g/mol. The molecule has 1 N–H and O–H groups in total. The molecule has 3 aliphatic rings. The van der Waals surface area contributed by atoms with Gasteiger partial charge in [-0.2, -0.15) is 4.31 Å². The first-order chi connectivity index (χ1) is 16.8. The zero-order valence-corrected chi connectivity index (χ0v) is 21.2. The van der Waals surface area contributed by atoms with Crippen LogP contribution in [0.1, 0.15) is 50.7 Å². The van der Waals surface area contributed by atoms with Gasteiger partial charge in [-0.05, 0) is 80.8 Å². The number of hydrogen-bond acceptors (Lipinski definition) is 4. The molecule has 186 valence electrons. The van der Waals surface area contributed by atoms with Gasteiger partial charge in [-0.3, -0.25) is 9.59 Å². The van der Waals surface area contributed by atoms with Crippen molar-refractivity contribution in [1.82, 2.24) is 4.31 Å². The maximum Gasteiger partial charge on any atom is 0.243 e. The molecule has 5 rings (SSSR count). The fraction of sp³-hybridized carbons (Fsp3) is 0.481. The van der Waals surface area contributed by atoms with Crippen molar-refractivity contribution in [2.75, 3.05) is 23.3 Å². The fourth-order valence-electron chi connectivity index (χ4n) is 5.34. The summed E-state index contributed by atoms with van der Waals surface area (Å²) in [5.41, 5.74) is 3.58. The lowest BCUT2D eigenvalue weighted by atomic mass is 9.98. The topological polar surface area (TPSA) is 86.8 Å². The Bertz CT molecular complexity index is 1250. The summed E-state index contributed by atoms with van der Waals surface area (Å²) >= 11 is 0. The minimum atomic E-state index is -3.75. The Hall–Kier alpha value is -2.71. The summed E-state index contributed by atoms with van der Waals surface area (Å²) in [6.07, 6.45) is 4.64. The van der Waals surface area contributed by atoms with Crippen LogP contribution in [0.5, 0.6) is 0 Å². The number of amides is 2. The van der Waals surface area contributed by atoms with E-state index in [0.29, 0.717) is 25.8 Å². The van der Waals surface area contributed by atoms with Crippen molar-refractivity contribution in [1.29, 1.82) is 0 Å². The van der Waals surface area contributed by atoms with Crippen molar-refractivity contribution in [2.24, 2.45) is 11.8 Å². The normalized spacial score (nSPS) is 22.6. The van der Waals surface area contributed by atoms with Gasteiger partial charge in [0.25, 0.3) is 0 Å². The lowest BCUT2D eigenvalue weighted by Gasteiger charge is -2.31. The molecule has 2 fully saturated rings. The van der Waals surface area contributed by atoms with Crippen molar-refractivity contribution in [3.8, 4) is 0 Å². The van der Waals surface area contributed by atoms with Crippen molar-refractivity contribution in [2.45, 2.75) is 63.3 Å². The highest BCUT2D eigenvalue weighted by atomic mass is 32.2. The van der Waals surface area contributed by atoms with Crippen LogP contribution in [0.2, 0.25) is 0 Å². The molecule has 0 aromatic heterocycles. The van der Waals surface area contributed by atoms with E-state index in [0.717, 1.165) is 41.8 Å².